The third-order valence-corrected chi connectivity index (χ3v) is 5.64. The maximum Gasteiger partial charge on any atom is 0.242 e. The Morgan fingerprint density at radius 1 is 1.32 bits per heavy atom. The van der Waals surface area contributed by atoms with Crippen molar-refractivity contribution < 1.29 is 13.9 Å². The van der Waals surface area contributed by atoms with Gasteiger partial charge in [-0.25, -0.2) is 4.39 Å². The highest BCUT2D eigenvalue weighted by atomic mass is 35.5. The average molecular weight is 406 g/mol. The van der Waals surface area contributed by atoms with Crippen LogP contribution < -0.4 is 10.1 Å². The van der Waals surface area contributed by atoms with Gasteiger partial charge in [0, 0.05) is 25.4 Å². The van der Waals surface area contributed by atoms with Gasteiger partial charge in [0.1, 0.15) is 17.1 Å². The zero-order chi connectivity index (χ0) is 19.0. The number of hydrogen-bond acceptors (Lipinski definition) is 4. The van der Waals surface area contributed by atoms with E-state index in [1.807, 2.05) is 20.0 Å². The lowest BCUT2D eigenvalue weighted by Gasteiger charge is -2.23. The van der Waals surface area contributed by atoms with Crippen molar-refractivity contribution in [2.45, 2.75) is 37.8 Å². The molecule has 4 rings (SSSR count). The van der Waals surface area contributed by atoms with E-state index in [1.54, 1.807) is 29.3 Å². The minimum Gasteiger partial charge on any atom is -0.494 e. The predicted molar refractivity (Wildman–Crippen MR) is 108 cm³/mol. The molecule has 0 bridgehead atoms. The van der Waals surface area contributed by atoms with Crippen molar-refractivity contribution in [3.05, 3.63) is 48.0 Å². The number of likely N-dealkylation sites (tertiary alicyclic amines) is 1. The maximum absolute atomic E-state index is 14.4. The van der Waals surface area contributed by atoms with Crippen LogP contribution in [0.3, 0.4) is 0 Å². The van der Waals surface area contributed by atoms with Crippen molar-refractivity contribution in [2.75, 3.05) is 20.2 Å². The molecule has 150 valence electrons. The van der Waals surface area contributed by atoms with Crippen LogP contribution in [0, 0.1) is 5.82 Å². The van der Waals surface area contributed by atoms with Gasteiger partial charge in [-0.1, -0.05) is 0 Å². The van der Waals surface area contributed by atoms with Crippen LogP contribution in [-0.2, 0) is 4.79 Å². The first-order valence-corrected chi connectivity index (χ1v) is 9.44. The average Bonchev–Trinajstić information content (AvgIpc) is 3.24. The van der Waals surface area contributed by atoms with Crippen molar-refractivity contribution in [3.8, 4) is 16.9 Å². The van der Waals surface area contributed by atoms with E-state index in [-0.39, 0.29) is 30.2 Å². The van der Waals surface area contributed by atoms with Crippen molar-refractivity contribution in [1.82, 2.24) is 15.2 Å². The van der Waals surface area contributed by atoms with Gasteiger partial charge >= 0.3 is 0 Å². The molecule has 1 aromatic carbocycles. The second kappa shape index (κ2) is 8.05. The summed E-state index contributed by atoms with van der Waals surface area (Å²) in [7, 11) is 1.85. The summed E-state index contributed by atoms with van der Waals surface area (Å²) < 4.78 is 19.9. The van der Waals surface area contributed by atoms with Gasteiger partial charge < -0.3 is 9.64 Å². The van der Waals surface area contributed by atoms with Crippen LogP contribution in [0.5, 0.6) is 5.75 Å². The first-order chi connectivity index (χ1) is 13.0. The number of amides is 1. The molecule has 2 aromatic rings. The summed E-state index contributed by atoms with van der Waals surface area (Å²) >= 11 is 0. The van der Waals surface area contributed by atoms with E-state index in [0.717, 1.165) is 37.1 Å². The van der Waals surface area contributed by atoms with Gasteiger partial charge in [-0.15, -0.1) is 12.4 Å². The van der Waals surface area contributed by atoms with E-state index in [9.17, 15) is 9.18 Å². The Kier molecular flexibility index (Phi) is 5.91. The van der Waals surface area contributed by atoms with E-state index in [4.69, 9.17) is 4.74 Å². The largest absolute Gasteiger partial charge is 0.494 e. The molecule has 2 aliphatic heterocycles. The van der Waals surface area contributed by atoms with Crippen LogP contribution in [0.25, 0.3) is 11.1 Å². The van der Waals surface area contributed by atoms with E-state index >= 15 is 0 Å². The summed E-state index contributed by atoms with van der Waals surface area (Å²) in [6.07, 6.45) is 4.18. The summed E-state index contributed by atoms with van der Waals surface area (Å²) in [6, 6.07) is 8.49. The molecule has 1 N–H and O–H groups in total. The summed E-state index contributed by atoms with van der Waals surface area (Å²) in [5, 5.41) is 3.52. The van der Waals surface area contributed by atoms with Gasteiger partial charge in [0.05, 0.1) is 18.3 Å². The summed E-state index contributed by atoms with van der Waals surface area (Å²) in [4.78, 5) is 18.8. The van der Waals surface area contributed by atoms with E-state index < -0.39 is 5.54 Å². The Morgan fingerprint density at radius 3 is 2.86 bits per heavy atom. The highest BCUT2D eigenvalue weighted by molar-refractivity contribution is 5.88. The van der Waals surface area contributed by atoms with Gasteiger partial charge in [-0.3, -0.25) is 15.1 Å². The molecule has 2 fully saturated rings. The lowest BCUT2D eigenvalue weighted by atomic mass is 9.96. The Bertz CT molecular complexity index is 878. The number of nitrogens with one attached hydrogen (secondary N) is 1. The quantitative estimate of drug-likeness (QED) is 0.842. The second-order valence-corrected chi connectivity index (χ2v) is 7.34. The smallest absolute Gasteiger partial charge is 0.242 e. The highest BCUT2D eigenvalue weighted by Crippen LogP contribution is 2.39. The lowest BCUT2D eigenvalue weighted by molar-refractivity contribution is -0.131. The van der Waals surface area contributed by atoms with Crippen LogP contribution in [0.1, 0.15) is 37.9 Å². The minimum absolute atomic E-state index is 0. The fourth-order valence-corrected chi connectivity index (χ4v) is 4.18. The van der Waals surface area contributed by atoms with Crippen LogP contribution in [0.4, 0.5) is 4.39 Å². The molecule has 7 heteroatoms. The minimum atomic E-state index is -0.461. The van der Waals surface area contributed by atoms with Crippen molar-refractivity contribution in [3.63, 3.8) is 0 Å². The maximum atomic E-state index is 14.4. The fraction of sp³-hybridized carbons (Fsp3) is 0.429. The molecule has 5 nitrogen and oxygen atoms in total. The summed E-state index contributed by atoms with van der Waals surface area (Å²) in [5.41, 5.74) is 1.63. The van der Waals surface area contributed by atoms with Crippen LogP contribution in [-0.4, -0.2) is 41.5 Å². The normalized spacial score (nSPS) is 23.9. The van der Waals surface area contributed by atoms with Crippen molar-refractivity contribution >= 4 is 18.3 Å². The number of benzene rings is 1. The number of hydrogen-bond donors (Lipinski definition) is 1. The van der Waals surface area contributed by atoms with Gasteiger partial charge in [0.15, 0.2) is 0 Å². The number of pyridine rings is 1. The first kappa shape index (κ1) is 20.6. The van der Waals surface area contributed by atoms with Gasteiger partial charge in [0.2, 0.25) is 5.91 Å². The molecular weight excluding hydrogens is 381 g/mol. The Morgan fingerprint density at radius 2 is 2.14 bits per heavy atom. The lowest BCUT2D eigenvalue weighted by Crippen LogP contribution is -2.47. The molecule has 0 aliphatic carbocycles. The molecule has 2 saturated heterocycles. The molecular formula is C21H25ClFN3O2. The zero-order valence-electron chi connectivity index (χ0n) is 16.1. The monoisotopic (exact) mass is 405 g/mol. The number of nitrogens with zero attached hydrogens (tertiary/aromatic N) is 2. The zero-order valence-corrected chi connectivity index (χ0v) is 16.9. The van der Waals surface area contributed by atoms with E-state index in [0.29, 0.717) is 17.9 Å². The van der Waals surface area contributed by atoms with Gasteiger partial charge in [-0.05, 0) is 62.1 Å². The van der Waals surface area contributed by atoms with Crippen LogP contribution in [0.15, 0.2) is 36.5 Å². The Hall–Kier alpha value is -2.18. The molecule has 2 atom stereocenters. The van der Waals surface area contributed by atoms with E-state index in [1.165, 1.54) is 6.07 Å². The number of ether oxygens (including phenoxy) is 1. The van der Waals surface area contributed by atoms with Crippen LogP contribution >= 0.6 is 12.4 Å². The van der Waals surface area contributed by atoms with Crippen LogP contribution in [0.2, 0.25) is 0 Å². The van der Waals surface area contributed by atoms with E-state index in [2.05, 4.69) is 10.3 Å². The molecule has 0 unspecified atom stereocenters. The number of halogens is 2. The molecule has 28 heavy (non-hydrogen) atoms. The number of likely N-dealkylation sites (N-methyl/N-ethyl adjacent to an activating group) is 1. The second-order valence-electron chi connectivity index (χ2n) is 7.34. The predicted octanol–water partition coefficient (Wildman–Crippen LogP) is 3.73. The van der Waals surface area contributed by atoms with Crippen molar-refractivity contribution in [1.29, 1.82) is 0 Å². The SMILES string of the molecule is CCOc1ccc(F)c(-c2ccnc([C@H]3CC[C@]4(CCN(C)C4=O)N3)c2)c1.Cl. The third-order valence-electron chi connectivity index (χ3n) is 5.64. The Balaban J connectivity index is 0.00000225. The molecule has 1 aromatic heterocycles. The fourth-order valence-electron chi connectivity index (χ4n) is 4.18. The highest BCUT2D eigenvalue weighted by Gasteiger charge is 2.50. The third kappa shape index (κ3) is 3.59. The topological polar surface area (TPSA) is 54.5 Å². The Labute approximate surface area is 170 Å². The first-order valence-electron chi connectivity index (χ1n) is 9.44. The summed E-state index contributed by atoms with van der Waals surface area (Å²) in [6.45, 7) is 3.21. The van der Waals surface area contributed by atoms with Gasteiger partial charge in [0.25, 0.3) is 0 Å². The number of aromatic nitrogens is 1. The van der Waals surface area contributed by atoms with Gasteiger partial charge in [-0.2, -0.15) is 0 Å². The molecule has 1 amide bonds. The number of carbonyl (C=O) groups is 1. The number of rotatable bonds is 4. The number of carbonyl (C=O) groups excluding carboxylic acids is 1. The molecule has 0 radical (unpaired) electrons. The standard InChI is InChI=1S/C21H24FN3O2.ClH/c1-3-27-15-4-5-17(22)16(13-15)14-7-10-23-19(12-14)18-6-8-21(24-18)9-11-25(2)20(21)26;/h4-5,7,10,12-13,18,24H,3,6,8-9,11H2,1-2H3;1H/t18-,21-;/m1./s1. The molecule has 2 aliphatic rings. The molecule has 3 heterocycles. The molecule has 1 spiro atoms. The summed E-state index contributed by atoms with van der Waals surface area (Å²) in [5.74, 6) is 0.514. The van der Waals surface area contributed by atoms with Crippen molar-refractivity contribution in [2.24, 2.45) is 0 Å². The molecule has 0 saturated carbocycles.